The van der Waals surface area contributed by atoms with Gasteiger partial charge in [-0.25, -0.2) is 0 Å². The maximum absolute atomic E-state index is 12.4. The van der Waals surface area contributed by atoms with Crippen LogP contribution in [0.1, 0.15) is 57.2 Å². The molecule has 0 bridgehead atoms. The van der Waals surface area contributed by atoms with Crippen molar-refractivity contribution < 1.29 is 22.5 Å². The van der Waals surface area contributed by atoms with Crippen molar-refractivity contribution >= 4 is 11.6 Å². The van der Waals surface area contributed by atoms with E-state index in [9.17, 15) is 4.79 Å². The Kier molecular flexibility index (Phi) is 7.08. The summed E-state index contributed by atoms with van der Waals surface area (Å²) in [7, 11) is 0. The third-order valence-electron chi connectivity index (χ3n) is 4.80. The molecule has 1 amide bonds. The fourth-order valence-corrected chi connectivity index (χ4v) is 4.41. The zero-order valence-corrected chi connectivity index (χ0v) is 17.5. The van der Waals surface area contributed by atoms with Crippen molar-refractivity contribution in [2.24, 2.45) is 0 Å². The highest BCUT2D eigenvalue weighted by Gasteiger charge is 2.39. The molecule has 4 nitrogen and oxygen atoms in total. The fourth-order valence-electron chi connectivity index (χ4n) is 4.41. The first-order valence-electron chi connectivity index (χ1n) is 8.98. The number of quaternary nitrogens is 1. The standard InChI is InChI=1S/C20H33N3O.ClH/c1-13-8-14(2)18(15(3)9-13)22-17(24)12-21-16-10-19(4,5)23-20(6,7)11-16;/h8-9,16,21,23H,10-12H2,1-7H3,(H,22,24);1H. The van der Waals surface area contributed by atoms with Crippen LogP contribution in [0.25, 0.3) is 0 Å². The van der Waals surface area contributed by atoms with Crippen LogP contribution in [-0.2, 0) is 4.79 Å². The molecule has 1 fully saturated rings. The van der Waals surface area contributed by atoms with E-state index in [1.165, 1.54) is 5.56 Å². The summed E-state index contributed by atoms with van der Waals surface area (Å²) in [6, 6.07) is 4.70. The lowest BCUT2D eigenvalue weighted by Gasteiger charge is -2.45. The third kappa shape index (κ3) is 6.28. The molecule has 0 unspecified atom stereocenters. The van der Waals surface area contributed by atoms with Gasteiger partial charge in [0.15, 0.2) is 6.54 Å². The largest absolute Gasteiger partial charge is 1.00 e. The van der Waals surface area contributed by atoms with E-state index in [0.29, 0.717) is 12.6 Å². The molecule has 0 saturated carbocycles. The lowest BCUT2D eigenvalue weighted by atomic mass is 9.79. The number of nitrogens with two attached hydrogens (primary N) is 1. The van der Waals surface area contributed by atoms with Crippen molar-refractivity contribution in [1.29, 1.82) is 0 Å². The van der Waals surface area contributed by atoms with Crippen molar-refractivity contribution in [3.8, 4) is 0 Å². The Morgan fingerprint density at radius 2 is 1.60 bits per heavy atom. The number of amides is 1. The van der Waals surface area contributed by atoms with Gasteiger partial charge < -0.3 is 28.4 Å². The average molecular weight is 368 g/mol. The van der Waals surface area contributed by atoms with Gasteiger partial charge in [0.2, 0.25) is 0 Å². The molecular weight excluding hydrogens is 334 g/mol. The summed E-state index contributed by atoms with van der Waals surface area (Å²) in [5.74, 6) is 0.0826. The van der Waals surface area contributed by atoms with Crippen molar-refractivity contribution in [1.82, 2.24) is 5.32 Å². The van der Waals surface area contributed by atoms with Crippen LogP contribution < -0.4 is 28.4 Å². The van der Waals surface area contributed by atoms with E-state index in [1.54, 1.807) is 0 Å². The fraction of sp³-hybridized carbons (Fsp3) is 0.650. The number of hydrogen-bond acceptors (Lipinski definition) is 2. The number of hydrogen-bond donors (Lipinski definition) is 3. The second kappa shape index (κ2) is 8.07. The van der Waals surface area contributed by atoms with Gasteiger partial charge in [-0.3, -0.25) is 4.79 Å². The van der Waals surface area contributed by atoms with E-state index in [0.717, 1.165) is 29.7 Å². The first-order valence-corrected chi connectivity index (χ1v) is 8.98. The number of anilines is 1. The first-order chi connectivity index (χ1) is 11.0. The summed E-state index contributed by atoms with van der Waals surface area (Å²) in [4.78, 5) is 12.4. The average Bonchev–Trinajstić information content (AvgIpc) is 2.37. The molecule has 1 aromatic rings. The second-order valence-corrected chi connectivity index (χ2v) is 8.82. The SMILES string of the molecule is Cc1cc(C)c(NC(=O)C[NH2+]C2CC(C)(C)NC(C)(C)C2)c(C)c1.[Cl-]. The number of aryl methyl sites for hydroxylation is 3. The van der Waals surface area contributed by atoms with Crippen LogP contribution in [0.2, 0.25) is 0 Å². The van der Waals surface area contributed by atoms with E-state index < -0.39 is 0 Å². The van der Waals surface area contributed by atoms with Gasteiger partial charge in [-0.05, 0) is 59.6 Å². The molecule has 142 valence electrons. The summed E-state index contributed by atoms with van der Waals surface area (Å²) in [6.07, 6.45) is 2.15. The van der Waals surface area contributed by atoms with Crippen LogP contribution in [0.15, 0.2) is 12.1 Å². The van der Waals surface area contributed by atoms with Crippen LogP contribution in [0, 0.1) is 20.8 Å². The van der Waals surface area contributed by atoms with E-state index in [4.69, 9.17) is 0 Å². The Hall–Kier alpha value is -1.10. The van der Waals surface area contributed by atoms with E-state index in [-0.39, 0.29) is 29.4 Å². The summed E-state index contributed by atoms with van der Waals surface area (Å²) in [5, 5.41) is 9.00. The third-order valence-corrected chi connectivity index (χ3v) is 4.80. The molecule has 1 aromatic carbocycles. The normalized spacial score (nSPS) is 19.2. The number of carbonyl (C=O) groups is 1. The topological polar surface area (TPSA) is 57.7 Å². The van der Waals surface area contributed by atoms with Gasteiger partial charge in [0.1, 0.15) is 0 Å². The van der Waals surface area contributed by atoms with Crippen molar-refractivity contribution in [2.75, 3.05) is 11.9 Å². The number of piperidine rings is 1. The van der Waals surface area contributed by atoms with Gasteiger partial charge in [0.05, 0.1) is 6.04 Å². The van der Waals surface area contributed by atoms with E-state index in [1.807, 2.05) is 0 Å². The molecule has 1 aliphatic rings. The van der Waals surface area contributed by atoms with E-state index >= 15 is 0 Å². The Balaban J connectivity index is 0.00000312. The van der Waals surface area contributed by atoms with Gasteiger partial charge in [-0.1, -0.05) is 17.7 Å². The van der Waals surface area contributed by atoms with E-state index in [2.05, 4.69) is 76.5 Å². The van der Waals surface area contributed by atoms with Gasteiger partial charge >= 0.3 is 0 Å². The highest BCUT2D eigenvalue weighted by atomic mass is 35.5. The van der Waals surface area contributed by atoms with Crippen LogP contribution in [-0.4, -0.2) is 29.6 Å². The Morgan fingerprint density at radius 1 is 1.12 bits per heavy atom. The highest BCUT2D eigenvalue weighted by molar-refractivity contribution is 5.93. The Labute approximate surface area is 158 Å². The maximum atomic E-state index is 12.4. The van der Waals surface area contributed by atoms with Crippen molar-refractivity contribution in [2.45, 2.75) is 78.4 Å². The summed E-state index contributed by atoms with van der Waals surface area (Å²) < 4.78 is 0. The molecule has 0 aliphatic carbocycles. The monoisotopic (exact) mass is 367 g/mol. The zero-order chi connectivity index (χ0) is 18.1. The Morgan fingerprint density at radius 3 is 2.08 bits per heavy atom. The second-order valence-electron chi connectivity index (χ2n) is 8.82. The van der Waals surface area contributed by atoms with Gasteiger partial charge in [-0.15, -0.1) is 0 Å². The smallest absolute Gasteiger partial charge is 0.279 e. The number of halogens is 1. The maximum Gasteiger partial charge on any atom is 0.279 e. The zero-order valence-electron chi connectivity index (χ0n) is 16.7. The summed E-state index contributed by atoms with van der Waals surface area (Å²) in [5.41, 5.74) is 4.68. The predicted octanol–water partition coefficient (Wildman–Crippen LogP) is -0.573. The van der Waals surface area contributed by atoms with Crippen LogP contribution in [0.4, 0.5) is 5.69 Å². The molecule has 0 radical (unpaired) electrons. The number of benzene rings is 1. The minimum absolute atomic E-state index is 0. The summed E-state index contributed by atoms with van der Waals surface area (Å²) in [6.45, 7) is 15.6. The number of nitrogens with one attached hydrogen (secondary N) is 2. The lowest BCUT2D eigenvalue weighted by Crippen LogP contribution is -3.00. The van der Waals surface area contributed by atoms with Crippen molar-refractivity contribution in [3.63, 3.8) is 0 Å². The highest BCUT2D eigenvalue weighted by Crippen LogP contribution is 2.26. The molecule has 1 heterocycles. The van der Waals surface area contributed by atoms with Gasteiger partial charge in [-0.2, -0.15) is 0 Å². The molecule has 0 spiro atoms. The molecule has 4 N–H and O–H groups in total. The van der Waals surface area contributed by atoms with Gasteiger partial charge in [0.25, 0.3) is 5.91 Å². The lowest BCUT2D eigenvalue weighted by molar-refractivity contribution is -0.683. The molecular formula is C20H34ClN3O. The molecule has 25 heavy (non-hydrogen) atoms. The van der Waals surface area contributed by atoms with Gasteiger partial charge in [0, 0.05) is 29.6 Å². The molecule has 0 atom stereocenters. The molecule has 1 aliphatic heterocycles. The van der Waals surface area contributed by atoms with Crippen LogP contribution in [0.3, 0.4) is 0 Å². The molecule has 5 heteroatoms. The van der Waals surface area contributed by atoms with Crippen molar-refractivity contribution in [3.05, 3.63) is 28.8 Å². The minimum Gasteiger partial charge on any atom is -1.00 e. The molecule has 2 rings (SSSR count). The number of carbonyl (C=O) groups excluding carboxylic acids is 1. The summed E-state index contributed by atoms with van der Waals surface area (Å²) >= 11 is 0. The molecule has 0 aromatic heterocycles. The predicted molar refractivity (Wildman–Crippen MR) is 100 cm³/mol. The van der Waals surface area contributed by atoms with Crippen LogP contribution in [0.5, 0.6) is 0 Å². The minimum atomic E-state index is 0. The first kappa shape index (κ1) is 21.9. The molecule has 1 saturated heterocycles. The Bertz CT molecular complexity index is 586. The quantitative estimate of drug-likeness (QED) is 0.667. The van der Waals surface area contributed by atoms with Crippen LogP contribution >= 0.6 is 0 Å². The number of rotatable bonds is 4.